The summed E-state index contributed by atoms with van der Waals surface area (Å²) in [7, 11) is 3.62. The lowest BCUT2D eigenvalue weighted by molar-refractivity contribution is 0.0946. The molecule has 0 aromatic carbocycles. The number of hydrogen-bond acceptors (Lipinski definition) is 4. The number of nitrogens with zero attached hydrogens (tertiary/aromatic N) is 3. The molecule has 0 aliphatic rings. The van der Waals surface area contributed by atoms with E-state index in [0.717, 1.165) is 11.3 Å². The van der Waals surface area contributed by atoms with Crippen LogP contribution in [0.3, 0.4) is 0 Å². The summed E-state index contributed by atoms with van der Waals surface area (Å²) in [6, 6.07) is 5.29. The zero-order valence-electron chi connectivity index (χ0n) is 11.3. The average molecular weight is 259 g/mol. The highest BCUT2D eigenvalue weighted by Crippen LogP contribution is 2.06. The van der Waals surface area contributed by atoms with Crippen LogP contribution in [0.1, 0.15) is 21.7 Å². The molecule has 6 heteroatoms. The van der Waals surface area contributed by atoms with Gasteiger partial charge in [-0.3, -0.25) is 9.48 Å². The topological polar surface area (TPSA) is 71.8 Å². The second-order valence-corrected chi connectivity index (χ2v) is 4.25. The quantitative estimate of drug-likeness (QED) is 0.862. The summed E-state index contributed by atoms with van der Waals surface area (Å²) in [6.45, 7) is 2.37. The molecule has 0 unspecified atom stereocenters. The van der Waals surface area contributed by atoms with Gasteiger partial charge < -0.3 is 10.6 Å². The SMILES string of the molecule is CNc1cccc(C(=O)NCc2cn(C)nc2C)n1. The van der Waals surface area contributed by atoms with Gasteiger partial charge in [0.15, 0.2) is 0 Å². The minimum atomic E-state index is -0.194. The normalized spacial score (nSPS) is 10.3. The van der Waals surface area contributed by atoms with E-state index in [2.05, 4.69) is 20.7 Å². The predicted molar refractivity (Wildman–Crippen MR) is 72.9 cm³/mol. The van der Waals surface area contributed by atoms with Gasteiger partial charge in [0, 0.05) is 32.4 Å². The maximum Gasteiger partial charge on any atom is 0.270 e. The lowest BCUT2D eigenvalue weighted by Crippen LogP contribution is -2.24. The number of pyridine rings is 1. The van der Waals surface area contributed by atoms with Crippen molar-refractivity contribution in [2.45, 2.75) is 13.5 Å². The van der Waals surface area contributed by atoms with Crippen LogP contribution in [0.2, 0.25) is 0 Å². The van der Waals surface area contributed by atoms with Crippen molar-refractivity contribution in [1.29, 1.82) is 0 Å². The van der Waals surface area contributed by atoms with Crippen molar-refractivity contribution in [1.82, 2.24) is 20.1 Å². The van der Waals surface area contributed by atoms with Crippen LogP contribution in [-0.4, -0.2) is 27.7 Å². The van der Waals surface area contributed by atoms with E-state index in [1.807, 2.05) is 26.2 Å². The predicted octanol–water partition coefficient (Wildman–Crippen LogP) is 1.10. The molecule has 0 saturated heterocycles. The fraction of sp³-hybridized carbons (Fsp3) is 0.308. The Balaban J connectivity index is 2.03. The molecule has 6 nitrogen and oxygen atoms in total. The molecule has 2 heterocycles. The molecule has 0 radical (unpaired) electrons. The zero-order valence-corrected chi connectivity index (χ0v) is 11.3. The van der Waals surface area contributed by atoms with Crippen LogP contribution in [0.15, 0.2) is 24.4 Å². The maximum atomic E-state index is 12.0. The molecule has 2 N–H and O–H groups in total. The molecule has 0 fully saturated rings. The van der Waals surface area contributed by atoms with Crippen LogP contribution in [0.4, 0.5) is 5.82 Å². The minimum Gasteiger partial charge on any atom is -0.373 e. The summed E-state index contributed by atoms with van der Waals surface area (Å²) in [5.74, 6) is 0.477. The van der Waals surface area contributed by atoms with Crippen molar-refractivity contribution in [2.75, 3.05) is 12.4 Å². The number of aryl methyl sites for hydroxylation is 2. The number of rotatable bonds is 4. The van der Waals surface area contributed by atoms with Crippen molar-refractivity contribution in [2.24, 2.45) is 7.05 Å². The Morgan fingerprint density at radius 3 is 2.84 bits per heavy atom. The summed E-state index contributed by atoms with van der Waals surface area (Å²) in [5.41, 5.74) is 2.31. The summed E-state index contributed by atoms with van der Waals surface area (Å²) < 4.78 is 1.73. The van der Waals surface area contributed by atoms with Crippen molar-refractivity contribution in [3.63, 3.8) is 0 Å². The summed E-state index contributed by atoms with van der Waals surface area (Å²) in [5, 5.41) is 9.97. The van der Waals surface area contributed by atoms with Gasteiger partial charge in [0.1, 0.15) is 11.5 Å². The van der Waals surface area contributed by atoms with Gasteiger partial charge in [-0.2, -0.15) is 5.10 Å². The Hall–Kier alpha value is -2.37. The first kappa shape index (κ1) is 13.1. The average Bonchev–Trinajstić information content (AvgIpc) is 2.74. The first-order chi connectivity index (χ1) is 9.10. The third-order valence-corrected chi connectivity index (χ3v) is 2.79. The number of anilines is 1. The van der Waals surface area contributed by atoms with E-state index in [-0.39, 0.29) is 5.91 Å². The van der Waals surface area contributed by atoms with Crippen LogP contribution in [0, 0.1) is 6.92 Å². The second kappa shape index (κ2) is 5.51. The third kappa shape index (κ3) is 3.09. The third-order valence-electron chi connectivity index (χ3n) is 2.79. The van der Waals surface area contributed by atoms with Gasteiger partial charge in [-0.25, -0.2) is 4.98 Å². The molecule has 0 atom stereocenters. The summed E-state index contributed by atoms with van der Waals surface area (Å²) in [6.07, 6.45) is 1.90. The molecule has 2 rings (SSSR count). The van der Waals surface area contributed by atoms with Crippen LogP contribution < -0.4 is 10.6 Å². The minimum absolute atomic E-state index is 0.194. The molecule has 0 saturated carbocycles. The Morgan fingerprint density at radius 2 is 2.21 bits per heavy atom. The molecular formula is C13H17N5O. The van der Waals surface area contributed by atoms with Crippen LogP contribution in [0.25, 0.3) is 0 Å². The molecule has 2 aromatic heterocycles. The van der Waals surface area contributed by atoms with Gasteiger partial charge in [0.25, 0.3) is 5.91 Å². The lowest BCUT2D eigenvalue weighted by Gasteiger charge is -2.05. The molecule has 0 spiro atoms. The Kier molecular flexibility index (Phi) is 3.79. The van der Waals surface area contributed by atoms with Crippen LogP contribution in [-0.2, 0) is 13.6 Å². The highest BCUT2D eigenvalue weighted by atomic mass is 16.1. The molecule has 2 aromatic rings. The van der Waals surface area contributed by atoms with Gasteiger partial charge in [-0.1, -0.05) is 6.07 Å². The Morgan fingerprint density at radius 1 is 1.42 bits per heavy atom. The number of amides is 1. The van der Waals surface area contributed by atoms with E-state index in [1.165, 1.54) is 0 Å². The van der Waals surface area contributed by atoms with Gasteiger partial charge in [-0.05, 0) is 19.1 Å². The molecule has 1 amide bonds. The molecule has 0 aliphatic carbocycles. The van der Waals surface area contributed by atoms with Gasteiger partial charge in [0.2, 0.25) is 0 Å². The second-order valence-electron chi connectivity index (χ2n) is 4.25. The number of hydrogen-bond donors (Lipinski definition) is 2. The Bertz CT molecular complexity index is 590. The molecule has 100 valence electrons. The van der Waals surface area contributed by atoms with E-state index in [4.69, 9.17) is 0 Å². The lowest BCUT2D eigenvalue weighted by atomic mass is 10.2. The highest BCUT2D eigenvalue weighted by Gasteiger charge is 2.09. The van der Waals surface area contributed by atoms with Crippen molar-refractivity contribution in [3.8, 4) is 0 Å². The zero-order chi connectivity index (χ0) is 13.8. The summed E-state index contributed by atoms with van der Waals surface area (Å²) >= 11 is 0. The van der Waals surface area contributed by atoms with E-state index >= 15 is 0 Å². The fourth-order valence-electron chi connectivity index (χ4n) is 1.79. The molecular weight excluding hydrogens is 242 g/mol. The van der Waals surface area contributed by atoms with Gasteiger partial charge in [-0.15, -0.1) is 0 Å². The molecule has 0 bridgehead atoms. The highest BCUT2D eigenvalue weighted by molar-refractivity contribution is 5.92. The van der Waals surface area contributed by atoms with Crippen LogP contribution in [0.5, 0.6) is 0 Å². The first-order valence-electron chi connectivity index (χ1n) is 6.02. The fourth-order valence-corrected chi connectivity index (χ4v) is 1.79. The van der Waals surface area contributed by atoms with E-state index in [0.29, 0.717) is 18.1 Å². The van der Waals surface area contributed by atoms with Crippen molar-refractivity contribution >= 4 is 11.7 Å². The number of carbonyl (C=O) groups is 1. The van der Waals surface area contributed by atoms with E-state index < -0.39 is 0 Å². The Labute approximate surface area is 111 Å². The van der Waals surface area contributed by atoms with Crippen LogP contribution >= 0.6 is 0 Å². The van der Waals surface area contributed by atoms with Gasteiger partial charge in [0.05, 0.1) is 5.69 Å². The first-order valence-corrected chi connectivity index (χ1v) is 6.02. The van der Waals surface area contributed by atoms with Gasteiger partial charge >= 0.3 is 0 Å². The van der Waals surface area contributed by atoms with E-state index in [1.54, 1.807) is 23.9 Å². The smallest absolute Gasteiger partial charge is 0.270 e. The number of aromatic nitrogens is 3. The molecule has 19 heavy (non-hydrogen) atoms. The van der Waals surface area contributed by atoms with Crippen molar-refractivity contribution < 1.29 is 4.79 Å². The molecule has 0 aliphatic heterocycles. The van der Waals surface area contributed by atoms with E-state index in [9.17, 15) is 4.79 Å². The monoisotopic (exact) mass is 259 g/mol. The number of nitrogens with one attached hydrogen (secondary N) is 2. The summed E-state index contributed by atoms with van der Waals surface area (Å²) in [4.78, 5) is 16.2. The largest absolute Gasteiger partial charge is 0.373 e. The van der Waals surface area contributed by atoms with Crippen molar-refractivity contribution in [3.05, 3.63) is 41.3 Å². The maximum absolute atomic E-state index is 12.0. The number of carbonyl (C=O) groups excluding carboxylic acids is 1. The standard InChI is InChI=1S/C13H17N5O/c1-9-10(8-18(3)17-9)7-15-13(19)11-5-4-6-12(14-2)16-11/h4-6,8H,7H2,1-3H3,(H,14,16)(H,15,19).